The lowest BCUT2D eigenvalue weighted by Gasteiger charge is -2.61. The monoisotopic (exact) mass is 1610 g/mol. The molecule has 1 heterocycles. The summed E-state index contributed by atoms with van der Waals surface area (Å²) in [6, 6.07) is 142. The summed E-state index contributed by atoms with van der Waals surface area (Å²) in [5.74, 6) is 6.12. The van der Waals surface area contributed by atoms with Crippen molar-refractivity contribution in [3.8, 4) is 77.9 Å². The van der Waals surface area contributed by atoms with Crippen LogP contribution in [0.1, 0.15) is 86.5 Å². The Kier molecular flexibility index (Phi) is 16.6. The summed E-state index contributed by atoms with van der Waals surface area (Å²) < 4.78 is 16.5. The van der Waals surface area contributed by atoms with Crippen molar-refractivity contribution in [2.45, 2.75) is 75.0 Å². The van der Waals surface area contributed by atoms with Gasteiger partial charge in [-0.3, -0.25) is 0 Å². The molecular weight excluding hydrogens is 1520 g/mol. The number of rotatable bonds is 11. The van der Waals surface area contributed by atoms with Crippen LogP contribution in [-0.4, -0.2) is 0 Å². The average Bonchev–Trinajstić information content (AvgIpc) is 1.49. The van der Waals surface area contributed by atoms with Gasteiger partial charge in [0.1, 0.15) is 5.82 Å². The average molecular weight is 1610 g/mol. The van der Waals surface area contributed by atoms with E-state index in [1.807, 2.05) is 23.5 Å². The van der Waals surface area contributed by atoms with E-state index in [1.54, 1.807) is 22.3 Å². The van der Waals surface area contributed by atoms with Crippen LogP contribution in [0.2, 0.25) is 0 Å². The van der Waals surface area contributed by atoms with Crippen molar-refractivity contribution in [1.29, 1.82) is 0 Å². The molecule has 8 fully saturated rings. The first-order valence-electron chi connectivity index (χ1n) is 45.4. The number of thiophene rings is 1. The van der Waals surface area contributed by atoms with E-state index in [2.05, 4.69) is 368 Å². The van der Waals surface area contributed by atoms with Crippen LogP contribution in [0, 0.1) is 53.2 Å². The van der Waals surface area contributed by atoms with Crippen LogP contribution in [0.4, 0.5) is 38.5 Å². The Morgan fingerprint density at radius 2 is 0.597 bits per heavy atom. The van der Waals surface area contributed by atoms with Gasteiger partial charge in [0.05, 0.1) is 5.69 Å². The highest BCUT2D eigenvalue weighted by atomic mass is 32.1. The van der Waals surface area contributed by atoms with Crippen molar-refractivity contribution in [3.05, 3.63) is 410 Å². The van der Waals surface area contributed by atoms with Crippen molar-refractivity contribution in [2.24, 2.45) is 47.3 Å². The van der Waals surface area contributed by atoms with Gasteiger partial charge in [0, 0.05) is 70.2 Å². The van der Waals surface area contributed by atoms with E-state index in [1.165, 1.54) is 212 Å². The van der Waals surface area contributed by atoms with Gasteiger partial charge in [0.25, 0.3) is 0 Å². The predicted octanol–water partition coefficient (Wildman–Crippen LogP) is 33.2. The van der Waals surface area contributed by atoms with Crippen LogP contribution in [0.5, 0.6) is 0 Å². The van der Waals surface area contributed by atoms with E-state index in [0.717, 1.165) is 63.2 Å². The van der Waals surface area contributed by atoms with Crippen LogP contribution in [0.25, 0.3) is 141 Å². The van der Waals surface area contributed by atoms with Gasteiger partial charge < -0.3 is 9.80 Å². The summed E-state index contributed by atoms with van der Waals surface area (Å²) >= 11 is 1.85. The molecule has 0 atom stereocenters. The Bertz CT molecular complexity index is 7310. The Hall–Kier alpha value is -13.3. The van der Waals surface area contributed by atoms with Gasteiger partial charge in [-0.2, -0.15) is 0 Å². The molecule has 1 aromatic heterocycles. The minimum atomic E-state index is -0.223. The third-order valence-corrected chi connectivity index (χ3v) is 32.4. The Morgan fingerprint density at radius 3 is 1.11 bits per heavy atom. The lowest BCUT2D eigenvalue weighted by molar-refractivity contribution is -0.0397. The number of fused-ring (bicyclic) bond motifs is 14. The summed E-state index contributed by atoms with van der Waals surface area (Å²) in [6.07, 6.45) is 13.9. The molecule has 10 aliphatic carbocycles. The molecule has 18 aromatic carbocycles. The zero-order chi connectivity index (χ0) is 81.5. The first-order chi connectivity index (χ1) is 61.3. The first kappa shape index (κ1) is 72.4. The summed E-state index contributed by atoms with van der Waals surface area (Å²) in [5, 5.41) is 12.8. The van der Waals surface area contributed by atoms with Crippen LogP contribution in [0.3, 0.4) is 0 Å². The minimum absolute atomic E-state index is 0.0594. The second-order valence-corrected chi connectivity index (χ2v) is 38.5. The molecule has 29 rings (SSSR count). The fourth-order valence-electron chi connectivity index (χ4n) is 27.0. The third-order valence-electron chi connectivity index (χ3n) is 31.3. The number of hydrogen-bond acceptors (Lipinski definition) is 3. The molecule has 4 heteroatoms. The molecule has 8 saturated carbocycles. The Labute approximate surface area is 728 Å². The van der Waals surface area contributed by atoms with Crippen molar-refractivity contribution in [2.75, 3.05) is 9.80 Å². The fraction of sp³-hybridized carbons (Fsp3) is 0.167. The topological polar surface area (TPSA) is 6.48 Å². The number of halogens is 1. The minimum Gasteiger partial charge on any atom is -0.310 e. The zero-order valence-electron chi connectivity index (χ0n) is 69.2. The molecule has 0 saturated heterocycles. The second kappa shape index (κ2) is 28.4. The highest BCUT2D eigenvalue weighted by molar-refractivity contribution is 7.25. The standard InChI is InChI=1S/C60H44FNS.C60H47N/c61-43-20-16-38(17-21-43)39-18-22-44(23-19-39)62(46-25-27-51-50-11-4-6-15-57(50)63-58(51)35-46)45-24-26-48-54(33-40-8-1-2-9-47(40)55(48)34-45)53-13-7-12-52-49-10-3-5-14-56(49)60(59(52)53)41-29-36-28-37(31-41)32-42(60)30-36;1-3-14-41(15-4-1)43-26-30-47(31-27-43)61(48-32-28-44(29-33-48)42-16-5-2-6-17-42)59-53-21-9-7-19-50(53)57(51-20-8-10-22-54(51)59)55-24-13-23-52-49-18-11-12-25-56(49)60(58(52)55)45-35-39-34-40(37-45)38-46(60)36-39/h1-27,33-37,41-42H,28-32H2;1-33,39-40,45-46H,34-38H2. The lowest BCUT2D eigenvalue weighted by atomic mass is 9.42. The number of hydrogen-bond donors (Lipinski definition) is 0. The van der Waals surface area contributed by atoms with Crippen LogP contribution >= 0.6 is 11.3 Å². The van der Waals surface area contributed by atoms with Gasteiger partial charge >= 0.3 is 0 Å². The van der Waals surface area contributed by atoms with E-state index >= 15 is 0 Å². The molecule has 0 unspecified atom stereocenters. The summed E-state index contributed by atoms with van der Waals surface area (Å²) in [4.78, 5) is 4.93. The van der Waals surface area contributed by atoms with Crippen LogP contribution < -0.4 is 9.80 Å². The largest absolute Gasteiger partial charge is 0.310 e. The quantitative estimate of drug-likeness (QED) is 0.0941. The molecular formula is C120H91FN2S. The molecule has 0 aliphatic heterocycles. The highest BCUT2D eigenvalue weighted by Crippen LogP contribution is 2.73. The Morgan fingerprint density at radius 1 is 0.234 bits per heavy atom. The second-order valence-electron chi connectivity index (χ2n) is 37.4. The Balaban J connectivity index is 0.000000133. The van der Waals surface area contributed by atoms with Gasteiger partial charge in [-0.25, -0.2) is 4.39 Å². The van der Waals surface area contributed by atoms with Gasteiger partial charge in [-0.15, -0.1) is 11.3 Å². The van der Waals surface area contributed by atoms with Gasteiger partial charge in [0.2, 0.25) is 0 Å². The fourth-order valence-corrected chi connectivity index (χ4v) is 28.1. The number of anilines is 6. The van der Waals surface area contributed by atoms with Gasteiger partial charge in [-0.05, 0) is 329 Å². The molecule has 8 bridgehead atoms. The predicted molar refractivity (Wildman–Crippen MR) is 519 cm³/mol. The van der Waals surface area contributed by atoms with E-state index < -0.39 is 0 Å². The van der Waals surface area contributed by atoms with Crippen LogP contribution in [0.15, 0.2) is 382 Å². The normalized spacial score (nSPS) is 21.8. The van der Waals surface area contributed by atoms with E-state index in [-0.39, 0.29) is 16.6 Å². The van der Waals surface area contributed by atoms with Crippen LogP contribution in [-0.2, 0) is 10.8 Å². The van der Waals surface area contributed by atoms with E-state index in [4.69, 9.17) is 0 Å². The molecule has 124 heavy (non-hydrogen) atoms. The summed E-state index contributed by atoms with van der Waals surface area (Å²) in [6.45, 7) is 0. The summed E-state index contributed by atoms with van der Waals surface area (Å²) in [5.41, 5.74) is 31.7. The maximum absolute atomic E-state index is 13.9. The van der Waals surface area contributed by atoms with Crippen molar-refractivity contribution < 1.29 is 4.39 Å². The highest BCUT2D eigenvalue weighted by Gasteiger charge is 2.64. The molecule has 19 aromatic rings. The first-order valence-corrected chi connectivity index (χ1v) is 46.2. The third kappa shape index (κ3) is 11.0. The number of benzene rings is 18. The van der Waals surface area contributed by atoms with Crippen molar-refractivity contribution >= 4 is 109 Å². The van der Waals surface area contributed by atoms with Gasteiger partial charge in [0.15, 0.2) is 0 Å². The van der Waals surface area contributed by atoms with Crippen molar-refractivity contribution in [3.63, 3.8) is 0 Å². The van der Waals surface area contributed by atoms with Crippen molar-refractivity contribution in [1.82, 2.24) is 0 Å². The lowest BCUT2D eigenvalue weighted by Crippen LogP contribution is -2.55. The van der Waals surface area contributed by atoms with E-state index in [0.29, 0.717) is 23.7 Å². The summed E-state index contributed by atoms with van der Waals surface area (Å²) in [7, 11) is 0. The molecule has 594 valence electrons. The molecule has 0 amide bonds. The number of nitrogens with zero attached hydrogens (tertiary/aromatic N) is 2. The molecule has 0 N–H and O–H groups in total. The van der Waals surface area contributed by atoms with E-state index in [9.17, 15) is 4.39 Å². The maximum atomic E-state index is 13.9. The smallest absolute Gasteiger partial charge is 0.123 e. The SMILES string of the molecule is Fc1ccc(-c2ccc(N(c3ccc4c(c3)sc3ccccc34)c3ccc4c(-c5cccc6c5C5(c7ccccc7-6)C6CC7CC(C6)CC5C7)cc5ccccc5c4c3)cc2)cc1.c1ccc(-c2ccc(N(c3ccc(-c4ccccc4)cc3)c3c4ccccc4c(-c4cccc5c4C4(c6ccccc6-5)C5CC6CC(C5)CC4C6)c4ccccc34)cc2)cc1. The molecule has 2 nitrogen and oxygen atoms in total. The molecule has 0 radical (unpaired) electrons. The maximum Gasteiger partial charge on any atom is 0.123 e. The molecule has 2 spiro atoms. The van der Waals surface area contributed by atoms with Gasteiger partial charge in [-0.1, -0.05) is 297 Å². The molecule has 10 aliphatic rings. The zero-order valence-corrected chi connectivity index (χ0v) is 70.1.